The second-order valence-corrected chi connectivity index (χ2v) is 19.9. The van der Waals surface area contributed by atoms with E-state index in [1.54, 1.807) is 0 Å². The SMILES string of the molecule is CC1(C)c2ccccc2-c2ccc(N(c3cccc(-c4ccccc4)c3)c3c(-c4ccccc4)c(-c4ccccc4)c(-c4ccccc4)c(-c4ccccc4)c3-c3nc(-c4ccccc4)nc(-c4ccccc4)n3)cc21. The van der Waals surface area contributed by atoms with Crippen molar-refractivity contribution >= 4 is 17.1 Å². The van der Waals surface area contributed by atoms with Gasteiger partial charge in [-0.25, -0.2) is 15.0 Å². The maximum absolute atomic E-state index is 5.71. The number of hydrogen-bond acceptors (Lipinski definition) is 4. The molecule has 0 atom stereocenters. The zero-order chi connectivity index (χ0) is 51.0. The van der Waals surface area contributed by atoms with Crippen molar-refractivity contribution in [3.63, 3.8) is 0 Å². The molecule has 1 heterocycles. The Morgan fingerprint density at radius 2 is 0.632 bits per heavy atom. The average molecular weight is 973 g/mol. The smallest absolute Gasteiger partial charge is 0.166 e. The van der Waals surface area contributed by atoms with E-state index in [1.165, 1.54) is 22.3 Å². The van der Waals surface area contributed by atoms with Gasteiger partial charge in [-0.15, -0.1) is 0 Å². The number of anilines is 3. The molecule has 4 nitrogen and oxygen atoms in total. The van der Waals surface area contributed by atoms with Gasteiger partial charge in [0.15, 0.2) is 17.5 Å². The van der Waals surface area contributed by atoms with Crippen molar-refractivity contribution in [2.75, 3.05) is 4.90 Å². The van der Waals surface area contributed by atoms with Crippen molar-refractivity contribution in [1.82, 2.24) is 15.0 Å². The predicted octanol–water partition coefficient (Wildman–Crippen LogP) is 19.0. The molecule has 0 spiro atoms. The van der Waals surface area contributed by atoms with Gasteiger partial charge in [-0.2, -0.15) is 0 Å². The molecule has 76 heavy (non-hydrogen) atoms. The molecule has 4 heteroatoms. The van der Waals surface area contributed by atoms with Crippen LogP contribution in [0.3, 0.4) is 0 Å². The molecule has 0 bridgehead atoms. The number of hydrogen-bond donors (Lipinski definition) is 0. The quantitative estimate of drug-likeness (QED) is 0.130. The van der Waals surface area contributed by atoms with Crippen LogP contribution >= 0.6 is 0 Å². The summed E-state index contributed by atoms with van der Waals surface area (Å²) in [7, 11) is 0. The molecule has 1 aliphatic rings. The molecule has 11 aromatic carbocycles. The van der Waals surface area contributed by atoms with Crippen molar-refractivity contribution < 1.29 is 0 Å². The Labute approximate surface area is 445 Å². The van der Waals surface area contributed by atoms with E-state index in [0.29, 0.717) is 17.5 Å². The zero-order valence-corrected chi connectivity index (χ0v) is 42.3. The van der Waals surface area contributed by atoms with Crippen LogP contribution in [0.4, 0.5) is 17.1 Å². The standard InChI is InChI=1S/C72H52N4/c1-72(2)61-44-25-24-43-59(61)60-46-45-58(48-62(60)72)76(57-42-26-41-56(47-57)49-27-10-3-11-28-49)68-66(53-35-18-7-19-36-53)64(51-31-14-5-15-32-51)63(50-29-12-4-13-30-50)65(52-33-16-6-17-34-52)67(68)71-74-69(54-37-20-8-21-38-54)73-70(75-71)55-39-22-9-23-40-55/h3-48H,1-2H3. The van der Waals surface area contributed by atoms with Gasteiger partial charge >= 0.3 is 0 Å². The minimum atomic E-state index is -0.282. The molecule has 1 aromatic heterocycles. The first kappa shape index (κ1) is 46.0. The van der Waals surface area contributed by atoms with Crippen LogP contribution in [0.15, 0.2) is 279 Å². The Balaban J connectivity index is 1.28. The highest BCUT2D eigenvalue weighted by molar-refractivity contribution is 6.15. The highest BCUT2D eigenvalue weighted by atomic mass is 15.2. The minimum absolute atomic E-state index is 0.282. The first-order valence-corrected chi connectivity index (χ1v) is 26.0. The normalized spacial score (nSPS) is 12.2. The van der Waals surface area contributed by atoms with Crippen LogP contribution in [0, 0.1) is 0 Å². The second-order valence-electron chi connectivity index (χ2n) is 19.9. The summed E-state index contributed by atoms with van der Waals surface area (Å²) < 4.78 is 0. The molecule has 0 unspecified atom stereocenters. The molecule has 0 amide bonds. The van der Waals surface area contributed by atoms with Gasteiger partial charge in [0.1, 0.15) is 0 Å². The fourth-order valence-corrected chi connectivity index (χ4v) is 11.4. The van der Waals surface area contributed by atoms with Crippen molar-refractivity contribution in [3.8, 4) is 101 Å². The van der Waals surface area contributed by atoms with Crippen LogP contribution < -0.4 is 4.90 Å². The molecule has 0 aliphatic heterocycles. The van der Waals surface area contributed by atoms with Gasteiger partial charge < -0.3 is 4.90 Å². The van der Waals surface area contributed by atoms with Crippen molar-refractivity contribution in [3.05, 3.63) is 290 Å². The first-order chi connectivity index (χ1) is 37.5. The molecule has 0 saturated carbocycles. The summed E-state index contributed by atoms with van der Waals surface area (Å²) in [5.74, 6) is 1.71. The summed E-state index contributed by atoms with van der Waals surface area (Å²) >= 11 is 0. The molecule has 12 aromatic rings. The Bertz CT molecular complexity index is 3970. The lowest BCUT2D eigenvalue weighted by Gasteiger charge is -2.35. The van der Waals surface area contributed by atoms with Crippen molar-refractivity contribution in [2.45, 2.75) is 19.3 Å². The van der Waals surface area contributed by atoms with E-state index < -0.39 is 0 Å². The monoisotopic (exact) mass is 972 g/mol. The van der Waals surface area contributed by atoms with Crippen molar-refractivity contribution in [1.29, 1.82) is 0 Å². The van der Waals surface area contributed by atoms with Gasteiger partial charge in [0.2, 0.25) is 0 Å². The van der Waals surface area contributed by atoms with E-state index in [9.17, 15) is 0 Å². The van der Waals surface area contributed by atoms with Crippen molar-refractivity contribution in [2.24, 2.45) is 0 Å². The summed E-state index contributed by atoms with van der Waals surface area (Å²) in [5, 5.41) is 0. The van der Waals surface area contributed by atoms with E-state index in [4.69, 9.17) is 15.0 Å². The van der Waals surface area contributed by atoms with E-state index >= 15 is 0 Å². The van der Waals surface area contributed by atoms with Crippen LogP contribution in [0.5, 0.6) is 0 Å². The lowest BCUT2D eigenvalue weighted by atomic mass is 9.78. The van der Waals surface area contributed by atoms with E-state index in [2.05, 4.69) is 261 Å². The zero-order valence-electron chi connectivity index (χ0n) is 42.3. The van der Waals surface area contributed by atoms with E-state index in [1.807, 2.05) is 36.4 Å². The van der Waals surface area contributed by atoms with E-state index in [0.717, 1.165) is 89.4 Å². The molecule has 13 rings (SSSR count). The molecular formula is C72H52N4. The average Bonchev–Trinajstić information content (AvgIpc) is 3.77. The number of nitrogens with zero attached hydrogens (tertiary/aromatic N) is 4. The van der Waals surface area contributed by atoms with Gasteiger partial charge in [-0.05, 0) is 85.5 Å². The molecule has 0 saturated heterocycles. The number of fused-ring (bicyclic) bond motifs is 3. The van der Waals surface area contributed by atoms with Gasteiger partial charge in [0.25, 0.3) is 0 Å². The van der Waals surface area contributed by atoms with Crippen LogP contribution in [-0.2, 0) is 5.41 Å². The largest absolute Gasteiger partial charge is 0.309 e. The maximum atomic E-state index is 5.71. The van der Waals surface area contributed by atoms with Crippen LogP contribution in [0.25, 0.3) is 101 Å². The van der Waals surface area contributed by atoms with Gasteiger partial charge in [-0.1, -0.05) is 269 Å². The third kappa shape index (κ3) is 8.27. The minimum Gasteiger partial charge on any atom is -0.309 e. The van der Waals surface area contributed by atoms with Gasteiger partial charge in [0, 0.05) is 44.6 Å². The summed E-state index contributed by atoms with van der Waals surface area (Å²) in [5.41, 5.74) is 21.1. The fourth-order valence-electron chi connectivity index (χ4n) is 11.4. The summed E-state index contributed by atoms with van der Waals surface area (Å²) in [6.45, 7) is 4.72. The maximum Gasteiger partial charge on any atom is 0.166 e. The topological polar surface area (TPSA) is 41.9 Å². The molecule has 360 valence electrons. The third-order valence-electron chi connectivity index (χ3n) is 14.9. The summed E-state index contributed by atoms with van der Waals surface area (Å²) in [6.07, 6.45) is 0. The number of benzene rings is 11. The third-order valence-corrected chi connectivity index (χ3v) is 14.9. The number of rotatable bonds is 11. The Morgan fingerprint density at radius 1 is 0.263 bits per heavy atom. The van der Waals surface area contributed by atoms with Crippen LogP contribution in [0.1, 0.15) is 25.0 Å². The molecule has 0 radical (unpaired) electrons. The Hall–Kier alpha value is -9.77. The lowest BCUT2D eigenvalue weighted by molar-refractivity contribution is 0.660. The number of aromatic nitrogens is 3. The summed E-state index contributed by atoms with van der Waals surface area (Å²) in [6, 6.07) is 99.8. The fraction of sp³-hybridized carbons (Fsp3) is 0.0417. The highest BCUT2D eigenvalue weighted by Gasteiger charge is 2.38. The van der Waals surface area contributed by atoms with Gasteiger partial charge in [0.05, 0.1) is 11.3 Å². The Morgan fingerprint density at radius 3 is 1.14 bits per heavy atom. The molecular weight excluding hydrogens is 921 g/mol. The molecule has 1 aliphatic carbocycles. The molecule has 0 N–H and O–H groups in total. The van der Waals surface area contributed by atoms with Crippen LogP contribution in [-0.4, -0.2) is 15.0 Å². The summed E-state index contributed by atoms with van der Waals surface area (Å²) in [4.78, 5) is 19.2. The second kappa shape index (κ2) is 19.6. The Kier molecular flexibility index (Phi) is 11.9. The van der Waals surface area contributed by atoms with E-state index in [-0.39, 0.29) is 5.41 Å². The highest BCUT2D eigenvalue weighted by Crippen LogP contribution is 2.59. The molecule has 0 fully saturated rings. The predicted molar refractivity (Wildman–Crippen MR) is 316 cm³/mol. The van der Waals surface area contributed by atoms with Gasteiger partial charge in [-0.3, -0.25) is 0 Å². The lowest BCUT2D eigenvalue weighted by Crippen LogP contribution is -2.18. The first-order valence-electron chi connectivity index (χ1n) is 26.0. The van der Waals surface area contributed by atoms with Crippen LogP contribution in [0.2, 0.25) is 0 Å².